The second-order valence-electron chi connectivity index (χ2n) is 5.64. The van der Waals surface area contributed by atoms with Crippen LogP contribution in [0.5, 0.6) is 0 Å². The Kier molecular flexibility index (Phi) is 4.40. The number of nitrogens with zero attached hydrogens (tertiary/aromatic N) is 1. The second-order valence-corrected chi connectivity index (χ2v) is 5.64. The molecule has 0 aromatic carbocycles. The van der Waals surface area contributed by atoms with E-state index in [-0.39, 0.29) is 11.9 Å². The Bertz CT molecular complexity index is 265. The summed E-state index contributed by atoms with van der Waals surface area (Å²) >= 11 is 0. The minimum Gasteiger partial charge on any atom is -0.353 e. The van der Waals surface area contributed by atoms with E-state index in [9.17, 15) is 4.79 Å². The third-order valence-corrected chi connectivity index (χ3v) is 3.92. The van der Waals surface area contributed by atoms with E-state index in [1.165, 1.54) is 19.3 Å². The number of nitrogens with one attached hydrogen (secondary N) is 2. The third-order valence-electron chi connectivity index (χ3n) is 3.92. The molecular weight excluding hydrogens is 214 g/mol. The van der Waals surface area contributed by atoms with Gasteiger partial charge in [0.1, 0.15) is 0 Å². The fraction of sp³-hybridized carbons (Fsp3) is 0.923. The van der Waals surface area contributed by atoms with Crippen molar-refractivity contribution in [2.24, 2.45) is 5.92 Å². The van der Waals surface area contributed by atoms with Crippen LogP contribution >= 0.6 is 0 Å². The number of hydrogen-bond donors (Lipinski definition) is 2. The van der Waals surface area contributed by atoms with Crippen molar-refractivity contribution >= 4 is 5.91 Å². The minimum absolute atomic E-state index is 0.0324. The molecule has 1 amide bonds. The first kappa shape index (κ1) is 12.8. The summed E-state index contributed by atoms with van der Waals surface area (Å²) in [7, 11) is 2.14. The lowest BCUT2D eigenvalue weighted by Gasteiger charge is -2.27. The van der Waals surface area contributed by atoms with Crippen LogP contribution < -0.4 is 10.6 Å². The zero-order valence-electron chi connectivity index (χ0n) is 11.0. The van der Waals surface area contributed by atoms with E-state index in [2.05, 4.69) is 29.5 Å². The summed E-state index contributed by atoms with van der Waals surface area (Å²) in [5.74, 6) is 0.849. The van der Waals surface area contributed by atoms with Crippen LogP contribution in [-0.4, -0.2) is 49.6 Å². The number of likely N-dealkylation sites (N-methyl/N-ethyl adjacent to an activating group) is 1. The Morgan fingerprint density at radius 2 is 2.18 bits per heavy atom. The highest BCUT2D eigenvalue weighted by atomic mass is 16.2. The maximum atomic E-state index is 11.9. The van der Waals surface area contributed by atoms with Crippen molar-refractivity contribution in [2.75, 3.05) is 26.7 Å². The summed E-state index contributed by atoms with van der Waals surface area (Å²) in [6.07, 6.45) is 4.82. The van der Waals surface area contributed by atoms with E-state index in [1.54, 1.807) is 0 Å². The molecule has 1 aliphatic carbocycles. The maximum absolute atomic E-state index is 11.9. The molecule has 2 rings (SSSR count). The average Bonchev–Trinajstić information content (AvgIpc) is 3.12. The van der Waals surface area contributed by atoms with Gasteiger partial charge in [-0.25, -0.2) is 0 Å². The van der Waals surface area contributed by atoms with Crippen molar-refractivity contribution in [1.29, 1.82) is 0 Å². The second kappa shape index (κ2) is 5.83. The van der Waals surface area contributed by atoms with Gasteiger partial charge in [-0.2, -0.15) is 0 Å². The van der Waals surface area contributed by atoms with Crippen molar-refractivity contribution in [3.8, 4) is 0 Å². The highest BCUT2D eigenvalue weighted by Crippen LogP contribution is 2.24. The topological polar surface area (TPSA) is 44.4 Å². The van der Waals surface area contributed by atoms with Crippen LogP contribution in [0.3, 0.4) is 0 Å². The lowest BCUT2D eigenvalue weighted by molar-refractivity contribution is -0.124. The number of piperidine rings is 1. The van der Waals surface area contributed by atoms with Crippen LogP contribution in [0, 0.1) is 5.92 Å². The van der Waals surface area contributed by atoms with E-state index in [0.717, 1.165) is 32.1 Å². The van der Waals surface area contributed by atoms with Gasteiger partial charge in [-0.15, -0.1) is 0 Å². The molecule has 0 radical (unpaired) electrons. The summed E-state index contributed by atoms with van der Waals surface area (Å²) in [5.41, 5.74) is 0. The van der Waals surface area contributed by atoms with Crippen molar-refractivity contribution in [3.05, 3.63) is 0 Å². The standard InChI is InChI=1S/C13H25N3O/c1-10-5-6-14-12(9-10)13(17)15-7-8-16(2)11-3-4-11/h10-12,14H,3-9H2,1-2H3,(H,15,17). The first-order valence-corrected chi connectivity index (χ1v) is 6.88. The predicted octanol–water partition coefficient (Wildman–Crippen LogP) is 0.585. The predicted molar refractivity (Wildman–Crippen MR) is 68.9 cm³/mol. The Morgan fingerprint density at radius 1 is 1.41 bits per heavy atom. The Labute approximate surface area is 104 Å². The molecule has 0 bridgehead atoms. The van der Waals surface area contributed by atoms with Crippen LogP contribution in [0.1, 0.15) is 32.6 Å². The molecule has 17 heavy (non-hydrogen) atoms. The van der Waals surface area contributed by atoms with Crippen LogP contribution in [0.25, 0.3) is 0 Å². The molecular formula is C13H25N3O. The van der Waals surface area contributed by atoms with Crippen molar-refractivity contribution in [1.82, 2.24) is 15.5 Å². The number of amides is 1. The summed E-state index contributed by atoms with van der Waals surface area (Å²) < 4.78 is 0. The first-order chi connectivity index (χ1) is 8.16. The van der Waals surface area contributed by atoms with Crippen molar-refractivity contribution in [3.63, 3.8) is 0 Å². The molecule has 2 aliphatic rings. The Morgan fingerprint density at radius 3 is 2.82 bits per heavy atom. The fourth-order valence-corrected chi connectivity index (χ4v) is 2.48. The average molecular weight is 239 g/mol. The van der Waals surface area contributed by atoms with Gasteiger partial charge in [0.15, 0.2) is 0 Å². The largest absolute Gasteiger partial charge is 0.353 e. The normalized spacial score (nSPS) is 29.4. The van der Waals surface area contributed by atoms with Gasteiger partial charge in [-0.3, -0.25) is 4.79 Å². The van der Waals surface area contributed by atoms with Gasteiger partial charge in [-0.1, -0.05) is 6.92 Å². The molecule has 2 N–H and O–H groups in total. The number of carbonyl (C=O) groups excluding carboxylic acids is 1. The smallest absolute Gasteiger partial charge is 0.237 e. The van der Waals surface area contributed by atoms with Crippen LogP contribution in [0.4, 0.5) is 0 Å². The van der Waals surface area contributed by atoms with E-state index >= 15 is 0 Å². The van der Waals surface area contributed by atoms with Crippen LogP contribution in [0.15, 0.2) is 0 Å². The molecule has 2 atom stereocenters. The van der Waals surface area contributed by atoms with Crippen molar-refractivity contribution in [2.45, 2.75) is 44.7 Å². The Balaban J connectivity index is 1.62. The van der Waals surface area contributed by atoms with Gasteiger partial charge >= 0.3 is 0 Å². The van der Waals surface area contributed by atoms with E-state index in [0.29, 0.717) is 5.92 Å². The fourth-order valence-electron chi connectivity index (χ4n) is 2.48. The molecule has 1 aliphatic heterocycles. The van der Waals surface area contributed by atoms with Gasteiger partial charge in [0.25, 0.3) is 0 Å². The number of rotatable bonds is 5. The zero-order valence-corrected chi connectivity index (χ0v) is 11.0. The summed E-state index contributed by atoms with van der Waals surface area (Å²) in [6.45, 7) is 4.94. The first-order valence-electron chi connectivity index (χ1n) is 6.88. The van der Waals surface area contributed by atoms with E-state index in [4.69, 9.17) is 0 Å². The SMILES string of the molecule is CC1CCNC(C(=O)NCCN(C)C2CC2)C1. The minimum atomic E-state index is 0.0324. The van der Waals surface area contributed by atoms with Gasteiger partial charge in [-0.05, 0) is 45.2 Å². The molecule has 1 heterocycles. The number of carbonyl (C=O) groups is 1. The molecule has 1 saturated heterocycles. The van der Waals surface area contributed by atoms with Crippen molar-refractivity contribution < 1.29 is 4.79 Å². The van der Waals surface area contributed by atoms with Crippen LogP contribution in [0.2, 0.25) is 0 Å². The molecule has 2 unspecified atom stereocenters. The monoisotopic (exact) mass is 239 g/mol. The van der Waals surface area contributed by atoms with Gasteiger partial charge in [0.2, 0.25) is 5.91 Å². The van der Waals surface area contributed by atoms with Gasteiger partial charge in [0, 0.05) is 19.1 Å². The lowest BCUT2D eigenvalue weighted by atomic mass is 9.94. The molecule has 98 valence electrons. The van der Waals surface area contributed by atoms with Crippen LogP contribution in [-0.2, 0) is 4.79 Å². The number of hydrogen-bond acceptors (Lipinski definition) is 3. The molecule has 0 spiro atoms. The molecule has 0 aromatic heterocycles. The summed E-state index contributed by atoms with van der Waals surface area (Å²) in [4.78, 5) is 14.3. The van der Waals surface area contributed by atoms with Gasteiger partial charge < -0.3 is 15.5 Å². The highest BCUT2D eigenvalue weighted by Gasteiger charge is 2.26. The molecule has 2 fully saturated rings. The van der Waals surface area contributed by atoms with Gasteiger partial charge in [0.05, 0.1) is 6.04 Å². The summed E-state index contributed by atoms with van der Waals surface area (Å²) in [5, 5.41) is 6.34. The molecule has 4 heteroatoms. The Hall–Kier alpha value is -0.610. The molecule has 4 nitrogen and oxygen atoms in total. The third kappa shape index (κ3) is 3.96. The highest BCUT2D eigenvalue weighted by molar-refractivity contribution is 5.81. The lowest BCUT2D eigenvalue weighted by Crippen LogP contribution is -2.49. The van der Waals surface area contributed by atoms with E-state index in [1.807, 2.05) is 0 Å². The summed E-state index contributed by atoms with van der Waals surface area (Å²) in [6, 6.07) is 0.810. The van der Waals surface area contributed by atoms with E-state index < -0.39 is 0 Å². The molecule has 1 saturated carbocycles. The molecule has 0 aromatic rings. The maximum Gasteiger partial charge on any atom is 0.237 e. The quantitative estimate of drug-likeness (QED) is 0.738. The zero-order chi connectivity index (χ0) is 12.3.